The monoisotopic (exact) mass is 1050 g/mol. The molecule has 2 fully saturated rings. The van der Waals surface area contributed by atoms with E-state index in [-0.39, 0.29) is 124 Å². The van der Waals surface area contributed by atoms with E-state index in [4.69, 9.17) is 28.9 Å². The Kier molecular flexibility index (Phi) is 17.8. The zero-order valence-corrected chi connectivity index (χ0v) is 47.9. The minimum absolute atomic E-state index is 0.0142. The lowest BCUT2D eigenvalue weighted by atomic mass is 9.95. The van der Waals surface area contributed by atoms with Crippen molar-refractivity contribution in [2.45, 2.75) is 167 Å². The summed E-state index contributed by atoms with van der Waals surface area (Å²) in [6.45, 7) is 28.9. The molecule has 400 valence electrons. The number of hydrazine groups is 1. The molecule has 2 saturated heterocycles. The van der Waals surface area contributed by atoms with Crippen LogP contribution in [-0.4, -0.2) is 92.1 Å². The van der Waals surface area contributed by atoms with Crippen LogP contribution in [0.5, 0.6) is 11.8 Å². The maximum Gasteiger partial charge on any atom is 0.429 e. The van der Waals surface area contributed by atoms with Crippen LogP contribution in [-0.2, 0) is 11.3 Å². The number of hydrogen-bond acceptors (Lipinski definition) is 10. The highest BCUT2D eigenvalue weighted by Crippen LogP contribution is 2.47. The summed E-state index contributed by atoms with van der Waals surface area (Å²) in [5.41, 5.74) is 4.74. The lowest BCUT2D eigenvalue weighted by Gasteiger charge is -2.44. The average molecular weight is 1050 g/mol. The van der Waals surface area contributed by atoms with Gasteiger partial charge in [-0.25, -0.2) is 23.0 Å². The van der Waals surface area contributed by atoms with Crippen molar-refractivity contribution in [3.8, 4) is 34.5 Å². The molecule has 0 bridgehead atoms. The number of carbonyl (C=O) groups is 1. The minimum Gasteiger partial charge on any atom is -0.543 e. The Morgan fingerprint density at radius 3 is 2.24 bits per heavy atom. The number of aromatic nitrogens is 3. The Labute approximate surface area is 439 Å². The molecule has 2 N–H and O–H groups in total. The van der Waals surface area contributed by atoms with Gasteiger partial charge in [-0.15, -0.1) is 5.54 Å². The molecule has 0 saturated carbocycles. The number of fused-ring (bicyclic) bond motifs is 2. The molecular formula is C58H79F3N6O5Si2. The van der Waals surface area contributed by atoms with Gasteiger partial charge in [-0.1, -0.05) is 125 Å². The highest BCUT2D eigenvalue weighted by Gasteiger charge is 2.47. The number of rotatable bonds is 15. The Bertz CT molecular complexity index is 2790. The summed E-state index contributed by atoms with van der Waals surface area (Å²) < 4.78 is 69.8. The van der Waals surface area contributed by atoms with Crippen LogP contribution in [0.25, 0.3) is 32.9 Å². The fraction of sp³-hybridized carbons (Fsp3) is 0.552. The Morgan fingerprint density at radius 1 is 0.919 bits per heavy atom. The highest BCUT2D eigenvalue weighted by molar-refractivity contribution is 6.90. The van der Waals surface area contributed by atoms with Crippen molar-refractivity contribution in [1.82, 2.24) is 25.3 Å². The van der Waals surface area contributed by atoms with E-state index in [1.807, 2.05) is 36.4 Å². The third kappa shape index (κ3) is 11.8. The van der Waals surface area contributed by atoms with Gasteiger partial charge in [0.25, 0.3) is 8.32 Å². The molecule has 1 unspecified atom stereocenters. The highest BCUT2D eigenvalue weighted by atomic mass is 28.4. The average Bonchev–Trinajstić information content (AvgIpc) is 3.33. The van der Waals surface area contributed by atoms with E-state index in [1.165, 1.54) is 22.3 Å². The predicted octanol–water partition coefficient (Wildman–Crippen LogP) is 13.9. The van der Waals surface area contributed by atoms with Gasteiger partial charge in [-0.3, -0.25) is 9.99 Å². The topological polar surface area (TPSA) is 122 Å². The number of alkyl halides is 1. The summed E-state index contributed by atoms with van der Waals surface area (Å²) in [6, 6.07) is 15.9. The zero-order chi connectivity index (χ0) is 53.9. The number of nitrogens with one attached hydrogen (secondary N) is 1. The van der Waals surface area contributed by atoms with Gasteiger partial charge in [-0.05, 0) is 107 Å². The lowest BCUT2D eigenvalue weighted by molar-refractivity contribution is -0.000115. The number of amides is 1. The van der Waals surface area contributed by atoms with E-state index >= 15 is 13.2 Å². The molecule has 2 aliphatic heterocycles. The van der Waals surface area contributed by atoms with Gasteiger partial charge in [0.2, 0.25) is 0 Å². The summed E-state index contributed by atoms with van der Waals surface area (Å²) >= 11 is 0. The van der Waals surface area contributed by atoms with E-state index in [2.05, 4.69) is 99.9 Å². The first-order valence-electron chi connectivity index (χ1n) is 26.8. The fourth-order valence-electron chi connectivity index (χ4n) is 12.2. The number of benzene rings is 3. The van der Waals surface area contributed by atoms with Crippen LogP contribution in [0, 0.1) is 29.0 Å². The molecule has 3 aromatic carbocycles. The third-order valence-electron chi connectivity index (χ3n) is 15.9. The summed E-state index contributed by atoms with van der Waals surface area (Å²) in [4.78, 5) is 28.6. The molecule has 2 aromatic heterocycles. The number of ether oxygens (including phenoxy) is 2. The van der Waals surface area contributed by atoms with E-state index in [0.29, 0.717) is 29.5 Å². The normalized spacial score (nSPS) is 19.2. The van der Waals surface area contributed by atoms with Crippen LogP contribution in [0.1, 0.15) is 127 Å². The van der Waals surface area contributed by atoms with E-state index < -0.39 is 45.9 Å². The maximum atomic E-state index is 18.5. The second-order valence-electron chi connectivity index (χ2n) is 22.9. The van der Waals surface area contributed by atoms with Crippen molar-refractivity contribution < 1.29 is 37.0 Å². The fourth-order valence-corrected chi connectivity index (χ4v) is 22.7. The van der Waals surface area contributed by atoms with Crippen molar-refractivity contribution in [2.75, 3.05) is 37.8 Å². The largest absolute Gasteiger partial charge is 0.543 e. The van der Waals surface area contributed by atoms with Crippen molar-refractivity contribution in [2.24, 2.45) is 5.92 Å². The number of aliphatic hydroxyl groups is 1. The third-order valence-corrected chi connectivity index (χ3v) is 28.2. The molecular weight excluding hydrogens is 974 g/mol. The first kappa shape index (κ1) is 56.5. The van der Waals surface area contributed by atoms with Crippen LogP contribution in [0.15, 0.2) is 60.8 Å². The zero-order valence-electron chi connectivity index (χ0n) is 45.9. The van der Waals surface area contributed by atoms with Crippen molar-refractivity contribution in [3.05, 3.63) is 83.6 Å². The second kappa shape index (κ2) is 23.4. The maximum absolute atomic E-state index is 18.5. The quantitative estimate of drug-likeness (QED) is 0.0774. The van der Waals surface area contributed by atoms with E-state index in [1.54, 1.807) is 19.1 Å². The molecule has 5 aromatic rings. The smallest absolute Gasteiger partial charge is 0.429 e. The Morgan fingerprint density at radius 2 is 1.59 bits per heavy atom. The standard InChI is InChI=1S/C58H79F3N6O5Si2/c1-36(2)73(37(3)4,38(5)6)27-23-47-50(60)22-21-44-29-46(72-74(39(7)8,40(9)10)41(11)12)30-48(51(44)47)53-52(61)54-49(32-63-53)55(65-56(64-54)70-34-43-20-17-25-62-31-45(59)28-43)67-35-58(13,69)24-26-66(67)57(68)71-33-42-18-15-14-16-19-42/h14-16,18-19,21-22,29-30,32,36-41,43,45,62,69H,17,20,24-26,28,31,33-35H2,1-13H3/t43-,45-,58?/m1/s1. The molecule has 11 nitrogen and oxygen atoms in total. The Balaban J connectivity index is 1.49. The predicted molar refractivity (Wildman–Crippen MR) is 296 cm³/mol. The van der Waals surface area contributed by atoms with Crippen molar-refractivity contribution in [3.63, 3.8) is 0 Å². The molecule has 0 radical (unpaired) electrons. The molecule has 7 rings (SSSR count). The minimum atomic E-state index is -2.60. The van der Waals surface area contributed by atoms with Gasteiger partial charge < -0.3 is 24.3 Å². The second-order valence-corrected chi connectivity index (χ2v) is 33.9. The molecule has 0 spiro atoms. The van der Waals surface area contributed by atoms with Gasteiger partial charge in [0.15, 0.2) is 11.6 Å². The summed E-state index contributed by atoms with van der Waals surface area (Å²) in [7, 11) is -5.01. The summed E-state index contributed by atoms with van der Waals surface area (Å²) in [5.74, 6) is 2.39. The van der Waals surface area contributed by atoms with E-state index in [0.717, 1.165) is 12.0 Å². The van der Waals surface area contributed by atoms with Crippen LogP contribution < -0.4 is 19.5 Å². The number of halogens is 3. The number of hydrogen-bond donors (Lipinski definition) is 2. The molecule has 16 heteroatoms. The first-order valence-corrected chi connectivity index (χ1v) is 31.2. The molecule has 3 atom stereocenters. The van der Waals surface area contributed by atoms with Gasteiger partial charge >= 0.3 is 12.1 Å². The van der Waals surface area contributed by atoms with Crippen LogP contribution in [0.4, 0.5) is 23.8 Å². The SMILES string of the molecule is CC(C)[Si](C#Cc1c(F)ccc2cc(O[Si](C(C)C)(C(C)C)C(C)C)cc(-c3ncc4c(N5CC(C)(O)CCN5C(=O)OCc5ccccc5)nc(OC[C@@H]5CCCNC[C@H](F)C5)nc4c3F)c12)(C(C)C)C(C)C. The molecule has 4 heterocycles. The lowest BCUT2D eigenvalue weighted by Crippen LogP contribution is -2.59. The van der Waals surface area contributed by atoms with Gasteiger partial charge in [0.05, 0.1) is 29.7 Å². The van der Waals surface area contributed by atoms with Crippen LogP contribution in [0.2, 0.25) is 33.2 Å². The number of nitrogens with zero attached hydrogens (tertiary/aromatic N) is 5. The molecule has 1 amide bonds. The van der Waals surface area contributed by atoms with Crippen molar-refractivity contribution >= 4 is 50.0 Å². The van der Waals surface area contributed by atoms with E-state index in [9.17, 15) is 9.90 Å². The van der Waals surface area contributed by atoms with Gasteiger partial charge in [0, 0.05) is 30.2 Å². The Hall–Kier alpha value is -5.22. The van der Waals surface area contributed by atoms with Gasteiger partial charge in [-0.2, -0.15) is 9.97 Å². The number of pyridine rings is 1. The first-order chi connectivity index (χ1) is 35.0. The number of β-amino-alcohol motifs (C(OH)–C–C–N with tert-alkyl or cyclic N) is 1. The number of anilines is 1. The van der Waals surface area contributed by atoms with Crippen LogP contribution in [0.3, 0.4) is 0 Å². The molecule has 2 aliphatic rings. The summed E-state index contributed by atoms with van der Waals surface area (Å²) in [5, 5.41) is 18.7. The molecule has 74 heavy (non-hydrogen) atoms. The molecule has 0 aliphatic carbocycles. The number of carbonyl (C=O) groups excluding carboxylic acids is 1. The summed E-state index contributed by atoms with van der Waals surface area (Å²) in [6.07, 6.45) is 1.62. The van der Waals surface area contributed by atoms with Gasteiger partial charge in [0.1, 0.15) is 43.6 Å². The van der Waals surface area contributed by atoms with Crippen molar-refractivity contribution in [1.29, 1.82) is 0 Å². The van der Waals surface area contributed by atoms with Crippen LogP contribution >= 0.6 is 0 Å².